The minimum atomic E-state index is -0.479. The van der Waals surface area contributed by atoms with E-state index in [1.807, 2.05) is 13.8 Å². The monoisotopic (exact) mass is 361 g/mol. The Hall–Kier alpha value is -1.01. The van der Waals surface area contributed by atoms with Crippen LogP contribution in [-0.2, 0) is 16.0 Å². The zero-order valence-corrected chi connectivity index (χ0v) is 13.9. The molecular weight excluding hydrogens is 345 g/mol. The average molecular weight is 362 g/mol. The van der Waals surface area contributed by atoms with Gasteiger partial charge in [0, 0.05) is 17.3 Å². The second-order valence-electron chi connectivity index (χ2n) is 4.20. The molecule has 0 atom stereocenters. The minimum absolute atomic E-state index is 0.168. The van der Waals surface area contributed by atoms with Crippen LogP contribution in [0.1, 0.15) is 32.3 Å². The van der Waals surface area contributed by atoms with E-state index >= 15 is 0 Å². The van der Waals surface area contributed by atoms with Crippen LogP contribution in [0.2, 0.25) is 0 Å². The van der Waals surface area contributed by atoms with E-state index in [1.165, 1.54) is 6.07 Å². The third-order valence-corrected chi connectivity index (χ3v) is 3.53. The first-order chi connectivity index (χ1) is 9.47. The van der Waals surface area contributed by atoms with Gasteiger partial charge >= 0.3 is 0 Å². The van der Waals surface area contributed by atoms with E-state index < -0.39 is 5.82 Å². The number of carbonyl (C=O) groups excluding carboxylic acids is 1. The summed E-state index contributed by atoms with van der Waals surface area (Å²) in [5, 5.41) is 3.00. The summed E-state index contributed by atoms with van der Waals surface area (Å²) in [7, 11) is 0. The number of hydrogen-bond donors (Lipinski definition) is 1. The molecular formula is C14H17BrFNO2S. The van der Waals surface area contributed by atoms with Crippen molar-refractivity contribution in [3.8, 4) is 0 Å². The first-order valence-corrected chi connectivity index (χ1v) is 7.61. The van der Waals surface area contributed by atoms with Crippen LogP contribution in [0.25, 0.3) is 0 Å². The highest BCUT2D eigenvalue weighted by molar-refractivity contribution is 9.10. The second-order valence-corrected chi connectivity index (χ2v) is 5.51. The summed E-state index contributed by atoms with van der Waals surface area (Å²) >= 11 is 8.37. The summed E-state index contributed by atoms with van der Waals surface area (Å²) in [6.07, 6.45) is 1.47. The van der Waals surface area contributed by atoms with Gasteiger partial charge in [0.15, 0.2) is 5.05 Å². The van der Waals surface area contributed by atoms with Crippen LogP contribution in [0.5, 0.6) is 0 Å². The van der Waals surface area contributed by atoms with Gasteiger partial charge in [0.2, 0.25) is 5.91 Å². The molecule has 1 rings (SSSR count). The topological polar surface area (TPSA) is 38.3 Å². The first-order valence-electron chi connectivity index (χ1n) is 6.41. The van der Waals surface area contributed by atoms with Crippen molar-refractivity contribution in [2.75, 3.05) is 11.9 Å². The van der Waals surface area contributed by atoms with E-state index in [0.717, 1.165) is 5.56 Å². The Bertz CT molecular complexity index is 467. The zero-order valence-electron chi connectivity index (χ0n) is 11.5. The van der Waals surface area contributed by atoms with Gasteiger partial charge in [-0.2, -0.15) is 0 Å². The largest absolute Gasteiger partial charge is 0.487 e. The average Bonchev–Trinajstić information content (AvgIpc) is 2.35. The molecule has 0 aliphatic carbocycles. The van der Waals surface area contributed by atoms with Crippen molar-refractivity contribution >= 4 is 44.8 Å². The van der Waals surface area contributed by atoms with E-state index in [-0.39, 0.29) is 11.6 Å². The Morgan fingerprint density at radius 1 is 1.45 bits per heavy atom. The lowest BCUT2D eigenvalue weighted by Crippen LogP contribution is -2.13. The molecule has 3 nitrogen and oxygen atoms in total. The van der Waals surface area contributed by atoms with Gasteiger partial charge in [-0.1, -0.05) is 22.9 Å². The summed E-state index contributed by atoms with van der Waals surface area (Å²) in [5.41, 5.74) is 0.942. The van der Waals surface area contributed by atoms with Crippen LogP contribution < -0.4 is 5.32 Å². The molecule has 0 aliphatic rings. The van der Waals surface area contributed by atoms with E-state index in [2.05, 4.69) is 21.2 Å². The predicted molar refractivity (Wildman–Crippen MR) is 85.6 cm³/mol. The van der Waals surface area contributed by atoms with Crippen LogP contribution in [0.4, 0.5) is 10.1 Å². The number of benzene rings is 1. The first kappa shape index (κ1) is 17.0. The van der Waals surface area contributed by atoms with Crippen LogP contribution in [0.15, 0.2) is 16.6 Å². The Morgan fingerprint density at radius 2 is 2.15 bits per heavy atom. The van der Waals surface area contributed by atoms with Gasteiger partial charge in [0.05, 0.1) is 12.3 Å². The summed E-state index contributed by atoms with van der Waals surface area (Å²) in [4.78, 5) is 11.5. The fourth-order valence-electron chi connectivity index (χ4n) is 1.63. The molecule has 1 amide bonds. The van der Waals surface area contributed by atoms with E-state index in [9.17, 15) is 9.18 Å². The highest BCUT2D eigenvalue weighted by atomic mass is 79.9. The molecule has 0 saturated carbocycles. The molecule has 0 aromatic heterocycles. The van der Waals surface area contributed by atoms with Crippen molar-refractivity contribution < 1.29 is 13.9 Å². The van der Waals surface area contributed by atoms with Crippen molar-refractivity contribution in [2.24, 2.45) is 0 Å². The molecule has 1 aromatic carbocycles. The van der Waals surface area contributed by atoms with Crippen molar-refractivity contribution in [3.05, 3.63) is 28.0 Å². The fourth-order valence-corrected chi connectivity index (χ4v) is 2.36. The van der Waals surface area contributed by atoms with Gasteiger partial charge < -0.3 is 10.1 Å². The van der Waals surface area contributed by atoms with Gasteiger partial charge in [-0.3, -0.25) is 4.79 Å². The normalized spacial score (nSPS) is 10.2. The molecule has 1 N–H and O–H groups in total. The third kappa shape index (κ3) is 5.17. The molecule has 20 heavy (non-hydrogen) atoms. The summed E-state index contributed by atoms with van der Waals surface area (Å²) < 4.78 is 19.6. The van der Waals surface area contributed by atoms with E-state index in [0.29, 0.717) is 35.4 Å². The number of thiocarbonyl (C=S) groups is 1. The quantitative estimate of drug-likeness (QED) is 0.770. The SMILES string of the molecule is CCCC(=O)Nc1cc(CC(=S)OCC)c(Br)cc1F. The van der Waals surface area contributed by atoms with Crippen LogP contribution in [0, 0.1) is 5.82 Å². The molecule has 6 heteroatoms. The summed E-state index contributed by atoms with van der Waals surface area (Å²) in [6.45, 7) is 4.24. The number of hydrogen-bond acceptors (Lipinski definition) is 3. The number of nitrogens with one attached hydrogen (secondary N) is 1. The maximum atomic E-state index is 13.8. The van der Waals surface area contributed by atoms with Crippen molar-refractivity contribution in [1.82, 2.24) is 0 Å². The maximum Gasteiger partial charge on any atom is 0.224 e. The molecule has 0 fully saturated rings. The predicted octanol–water partition coefficient (Wildman–Crippen LogP) is 4.23. The highest BCUT2D eigenvalue weighted by Crippen LogP contribution is 2.26. The molecule has 0 unspecified atom stereocenters. The number of amides is 1. The molecule has 0 bridgehead atoms. The minimum Gasteiger partial charge on any atom is -0.487 e. The van der Waals surface area contributed by atoms with Gasteiger partial charge in [0.1, 0.15) is 5.82 Å². The van der Waals surface area contributed by atoms with Crippen LogP contribution >= 0.6 is 28.1 Å². The Balaban J connectivity index is 2.91. The molecule has 0 heterocycles. The molecule has 0 saturated heterocycles. The van der Waals surface area contributed by atoms with Gasteiger partial charge in [-0.15, -0.1) is 0 Å². The highest BCUT2D eigenvalue weighted by Gasteiger charge is 2.12. The number of halogens is 2. The number of rotatable bonds is 6. The number of anilines is 1. The Kier molecular flexibility index (Phi) is 7.09. The van der Waals surface area contributed by atoms with Crippen molar-refractivity contribution in [2.45, 2.75) is 33.1 Å². The number of carbonyl (C=O) groups is 1. The Morgan fingerprint density at radius 3 is 2.75 bits per heavy atom. The zero-order chi connectivity index (χ0) is 15.1. The lowest BCUT2D eigenvalue weighted by atomic mass is 10.1. The molecule has 110 valence electrons. The van der Waals surface area contributed by atoms with Gasteiger partial charge in [-0.25, -0.2) is 4.39 Å². The molecule has 0 spiro atoms. The van der Waals surface area contributed by atoms with Gasteiger partial charge in [0.25, 0.3) is 0 Å². The third-order valence-electron chi connectivity index (χ3n) is 2.53. The lowest BCUT2D eigenvalue weighted by molar-refractivity contribution is -0.116. The van der Waals surface area contributed by atoms with Crippen LogP contribution in [0.3, 0.4) is 0 Å². The van der Waals surface area contributed by atoms with Crippen molar-refractivity contribution in [3.63, 3.8) is 0 Å². The smallest absolute Gasteiger partial charge is 0.224 e. The number of ether oxygens (including phenoxy) is 1. The molecule has 0 radical (unpaired) electrons. The summed E-state index contributed by atoms with van der Waals surface area (Å²) in [5.74, 6) is -0.681. The maximum absolute atomic E-state index is 13.8. The Labute approximate surface area is 132 Å². The van der Waals surface area contributed by atoms with Crippen LogP contribution in [-0.4, -0.2) is 17.6 Å². The lowest BCUT2D eigenvalue weighted by Gasteiger charge is -2.11. The standard InChI is InChI=1S/C14H17BrFNO2S/c1-3-5-13(18)17-12-6-9(7-14(20)19-4-2)10(15)8-11(12)16/h6,8H,3-5,7H2,1-2H3,(H,17,18). The van der Waals surface area contributed by atoms with E-state index in [4.69, 9.17) is 17.0 Å². The molecule has 1 aromatic rings. The molecule has 0 aliphatic heterocycles. The summed E-state index contributed by atoms with van der Waals surface area (Å²) in [6, 6.07) is 2.91. The fraction of sp³-hybridized carbons (Fsp3) is 0.429. The van der Waals surface area contributed by atoms with Crippen molar-refractivity contribution in [1.29, 1.82) is 0 Å². The van der Waals surface area contributed by atoms with E-state index in [1.54, 1.807) is 6.07 Å². The van der Waals surface area contributed by atoms with Gasteiger partial charge in [-0.05, 0) is 43.3 Å². The second kappa shape index (κ2) is 8.32.